The van der Waals surface area contributed by atoms with Crippen LogP contribution in [0.1, 0.15) is 52.9 Å². The summed E-state index contributed by atoms with van der Waals surface area (Å²) in [6.45, 7) is 12.6. The van der Waals surface area contributed by atoms with Gasteiger partial charge in [0, 0.05) is 19.5 Å². The van der Waals surface area contributed by atoms with Gasteiger partial charge >= 0.3 is 33.3 Å². The van der Waals surface area contributed by atoms with Crippen LogP contribution in [0.4, 0.5) is 0 Å². The molecule has 0 bridgehead atoms. The molecule has 6 heteroatoms. The topological polar surface area (TPSA) is 29.6 Å². The van der Waals surface area contributed by atoms with Gasteiger partial charge in [0.1, 0.15) is 0 Å². The SMILES string of the molecule is Cn1c(C=NC(C)(C)C)ccc1C=NC(C)(C)C.[Cl][Fe][Cl]. The molecule has 1 aromatic rings. The Hall–Kier alpha value is -0.281. The zero-order chi connectivity index (χ0) is 16.7. The molecule has 122 valence electrons. The van der Waals surface area contributed by atoms with Crippen molar-refractivity contribution in [2.75, 3.05) is 0 Å². The summed E-state index contributed by atoms with van der Waals surface area (Å²) in [5, 5.41) is 0. The zero-order valence-corrected chi connectivity index (χ0v) is 16.4. The maximum atomic E-state index is 4.76. The Bertz CT molecular complexity index is 439. The molecule has 0 aliphatic heterocycles. The Morgan fingerprint density at radius 1 is 0.905 bits per heavy atom. The predicted octanol–water partition coefficient (Wildman–Crippen LogP) is 4.84. The van der Waals surface area contributed by atoms with Crippen LogP contribution >= 0.6 is 20.2 Å². The van der Waals surface area contributed by atoms with E-state index in [2.05, 4.69) is 68.2 Å². The van der Waals surface area contributed by atoms with Gasteiger partial charge in [0.05, 0.1) is 22.5 Å². The number of halogens is 2. The van der Waals surface area contributed by atoms with Crippen LogP contribution in [-0.4, -0.2) is 28.1 Å². The summed E-state index contributed by atoms with van der Waals surface area (Å²) in [5.41, 5.74) is 2.12. The van der Waals surface area contributed by atoms with E-state index in [1.54, 1.807) is 0 Å². The van der Waals surface area contributed by atoms with E-state index in [4.69, 9.17) is 20.2 Å². The van der Waals surface area contributed by atoms with Crippen molar-refractivity contribution in [3.8, 4) is 0 Å². The Morgan fingerprint density at radius 3 is 1.43 bits per heavy atom. The average molecular weight is 374 g/mol. The molecular formula is C15H25Cl2FeN3. The Kier molecular flexibility index (Phi) is 8.87. The number of hydrogen-bond donors (Lipinski definition) is 0. The van der Waals surface area contributed by atoms with Crippen molar-refractivity contribution in [1.29, 1.82) is 0 Å². The van der Waals surface area contributed by atoms with E-state index >= 15 is 0 Å². The second-order valence-corrected chi connectivity index (χ2v) is 8.47. The molecule has 0 fully saturated rings. The molecule has 1 rings (SSSR count). The minimum absolute atomic E-state index is 0.0378. The summed E-state index contributed by atoms with van der Waals surface area (Å²) in [7, 11) is 11.6. The molecule has 1 heterocycles. The molecule has 0 amide bonds. The Morgan fingerprint density at radius 2 is 1.19 bits per heavy atom. The molecule has 0 saturated carbocycles. The van der Waals surface area contributed by atoms with Crippen LogP contribution in [0.2, 0.25) is 0 Å². The fourth-order valence-corrected chi connectivity index (χ4v) is 1.32. The molecule has 0 spiro atoms. The average Bonchev–Trinajstić information content (AvgIpc) is 2.64. The summed E-state index contributed by atoms with van der Waals surface area (Å²) < 4.78 is 2.10. The van der Waals surface area contributed by atoms with E-state index < -0.39 is 0 Å². The number of hydrogen-bond acceptors (Lipinski definition) is 2. The first-order valence-corrected chi connectivity index (χ1v) is 9.65. The van der Waals surface area contributed by atoms with Crippen LogP contribution in [-0.2, 0) is 20.2 Å². The van der Waals surface area contributed by atoms with E-state index in [0.717, 1.165) is 11.4 Å². The van der Waals surface area contributed by atoms with Crippen molar-refractivity contribution in [3.63, 3.8) is 0 Å². The van der Waals surface area contributed by atoms with Crippen LogP contribution in [0.3, 0.4) is 0 Å². The summed E-state index contributed by atoms with van der Waals surface area (Å²) in [6, 6.07) is 4.14. The van der Waals surface area contributed by atoms with Crippen molar-refractivity contribution < 1.29 is 13.1 Å². The predicted molar refractivity (Wildman–Crippen MR) is 91.8 cm³/mol. The third-order valence-corrected chi connectivity index (χ3v) is 2.37. The van der Waals surface area contributed by atoms with Gasteiger partial charge in [-0.1, -0.05) is 0 Å². The van der Waals surface area contributed by atoms with Gasteiger partial charge in [-0.05, 0) is 53.7 Å². The van der Waals surface area contributed by atoms with E-state index in [0.29, 0.717) is 0 Å². The van der Waals surface area contributed by atoms with E-state index in [1.165, 1.54) is 0 Å². The third kappa shape index (κ3) is 10.1. The van der Waals surface area contributed by atoms with Crippen LogP contribution in [0.5, 0.6) is 0 Å². The molecule has 0 radical (unpaired) electrons. The second kappa shape index (κ2) is 8.99. The number of aliphatic imine (C=N–C) groups is 2. The fourth-order valence-electron chi connectivity index (χ4n) is 1.32. The molecule has 0 unspecified atom stereocenters. The summed E-state index contributed by atoms with van der Waals surface area (Å²) in [5.74, 6) is 0. The summed E-state index contributed by atoms with van der Waals surface area (Å²) in [6.07, 6.45) is 3.85. The zero-order valence-electron chi connectivity index (χ0n) is 13.8. The maximum absolute atomic E-state index is 4.76. The van der Waals surface area contributed by atoms with Crippen molar-refractivity contribution in [2.24, 2.45) is 17.0 Å². The van der Waals surface area contributed by atoms with Crippen LogP contribution in [0.25, 0.3) is 0 Å². The monoisotopic (exact) mass is 373 g/mol. The van der Waals surface area contributed by atoms with E-state index in [-0.39, 0.29) is 24.2 Å². The number of aromatic nitrogens is 1. The first-order chi connectivity index (χ1) is 9.50. The van der Waals surface area contributed by atoms with Gasteiger partial charge in [0.25, 0.3) is 0 Å². The van der Waals surface area contributed by atoms with Crippen LogP contribution < -0.4 is 0 Å². The van der Waals surface area contributed by atoms with Crippen molar-refractivity contribution in [1.82, 2.24) is 4.57 Å². The molecule has 21 heavy (non-hydrogen) atoms. The Balaban J connectivity index is 0.00000122. The van der Waals surface area contributed by atoms with Crippen molar-refractivity contribution in [3.05, 3.63) is 23.5 Å². The van der Waals surface area contributed by atoms with Crippen LogP contribution in [0, 0.1) is 0 Å². The van der Waals surface area contributed by atoms with Gasteiger partial charge in [-0.3, -0.25) is 9.98 Å². The molecule has 0 N–H and O–H groups in total. The van der Waals surface area contributed by atoms with Gasteiger partial charge in [-0.15, -0.1) is 0 Å². The molecule has 0 aliphatic rings. The molecule has 3 nitrogen and oxygen atoms in total. The van der Waals surface area contributed by atoms with Gasteiger partial charge in [0.2, 0.25) is 0 Å². The van der Waals surface area contributed by atoms with E-state index in [1.807, 2.05) is 19.5 Å². The molecule has 0 aliphatic carbocycles. The quantitative estimate of drug-likeness (QED) is 0.524. The third-order valence-electron chi connectivity index (χ3n) is 2.37. The number of nitrogens with zero attached hydrogens (tertiary/aromatic N) is 3. The standard InChI is InChI=1S/C15H25N3.2ClH.Fe/c1-14(2,3)16-10-12-8-9-13(18(12)7)11-17-15(4,5)6;;;/h8-11H,1-7H3;2*1H;/q;;;+2/p-2. The first-order valence-electron chi connectivity index (χ1n) is 6.61. The summed E-state index contributed by atoms with van der Waals surface area (Å²) >= 11 is 0.194. The summed E-state index contributed by atoms with van der Waals surface area (Å²) in [4.78, 5) is 9.04. The van der Waals surface area contributed by atoms with Gasteiger partial charge in [-0.2, -0.15) is 0 Å². The second-order valence-electron chi connectivity index (χ2n) is 6.65. The molecule has 0 saturated heterocycles. The van der Waals surface area contributed by atoms with Gasteiger partial charge in [0.15, 0.2) is 0 Å². The molecular weight excluding hydrogens is 349 g/mol. The minimum atomic E-state index is -0.0378. The molecule has 0 atom stereocenters. The number of rotatable bonds is 2. The van der Waals surface area contributed by atoms with Crippen LogP contribution in [0.15, 0.2) is 22.1 Å². The first kappa shape index (κ1) is 20.7. The van der Waals surface area contributed by atoms with Gasteiger partial charge < -0.3 is 4.57 Å². The van der Waals surface area contributed by atoms with Gasteiger partial charge in [-0.25, -0.2) is 0 Å². The van der Waals surface area contributed by atoms with E-state index in [9.17, 15) is 0 Å². The Labute approximate surface area is 143 Å². The molecule has 0 aromatic carbocycles. The molecule has 1 aromatic heterocycles. The normalized spacial score (nSPS) is 13.0. The fraction of sp³-hybridized carbons (Fsp3) is 0.600. The van der Waals surface area contributed by atoms with Crippen molar-refractivity contribution in [2.45, 2.75) is 52.6 Å². The van der Waals surface area contributed by atoms with Crippen molar-refractivity contribution >= 4 is 32.6 Å².